The molecule has 0 aliphatic carbocycles. The highest BCUT2D eigenvalue weighted by atomic mass is 35.5. The first-order valence-corrected chi connectivity index (χ1v) is 7.79. The van der Waals surface area contributed by atoms with Gasteiger partial charge in [-0.25, -0.2) is 0 Å². The van der Waals surface area contributed by atoms with Crippen LogP contribution in [0.2, 0.25) is 5.02 Å². The van der Waals surface area contributed by atoms with Gasteiger partial charge in [-0.3, -0.25) is 9.59 Å². The van der Waals surface area contributed by atoms with E-state index >= 15 is 0 Å². The molecule has 3 N–H and O–H groups in total. The lowest BCUT2D eigenvalue weighted by Crippen LogP contribution is -2.53. The van der Waals surface area contributed by atoms with E-state index in [-0.39, 0.29) is 23.3 Å². The molecule has 0 aromatic heterocycles. The molecule has 2 rings (SSSR count). The first kappa shape index (κ1) is 16.8. The van der Waals surface area contributed by atoms with Crippen molar-refractivity contribution in [2.75, 3.05) is 18.9 Å². The van der Waals surface area contributed by atoms with Crippen LogP contribution in [0.1, 0.15) is 37.0 Å². The maximum Gasteiger partial charge on any atom is 0.252 e. The second-order valence-corrected chi connectivity index (χ2v) is 6.65. The Balaban J connectivity index is 2.16. The first-order chi connectivity index (χ1) is 10.3. The van der Waals surface area contributed by atoms with Crippen molar-refractivity contribution >= 4 is 29.1 Å². The molecule has 1 aromatic rings. The molecule has 5 nitrogen and oxygen atoms in total. The number of nitrogens with one attached hydrogen (secondary N) is 3. The molecule has 0 saturated carbocycles. The fourth-order valence-corrected chi connectivity index (χ4v) is 2.99. The van der Waals surface area contributed by atoms with Crippen LogP contribution in [0.15, 0.2) is 18.2 Å². The van der Waals surface area contributed by atoms with Gasteiger partial charge in [0.15, 0.2) is 0 Å². The van der Waals surface area contributed by atoms with Crippen molar-refractivity contribution in [3.8, 4) is 0 Å². The summed E-state index contributed by atoms with van der Waals surface area (Å²) in [5.41, 5.74) is 0.812. The average Bonchev–Trinajstić information content (AvgIpc) is 2.47. The highest BCUT2D eigenvalue weighted by Gasteiger charge is 2.37. The monoisotopic (exact) mass is 323 g/mol. The van der Waals surface area contributed by atoms with Crippen LogP contribution in [0, 0.1) is 5.41 Å². The highest BCUT2D eigenvalue weighted by Crippen LogP contribution is 2.31. The molecule has 0 radical (unpaired) electrons. The third-order valence-corrected chi connectivity index (χ3v) is 4.43. The van der Waals surface area contributed by atoms with Crippen LogP contribution in [0.3, 0.4) is 0 Å². The van der Waals surface area contributed by atoms with E-state index in [0.717, 1.165) is 19.4 Å². The molecule has 22 heavy (non-hydrogen) atoms. The molecule has 1 aromatic carbocycles. The average molecular weight is 324 g/mol. The van der Waals surface area contributed by atoms with Gasteiger partial charge in [0.05, 0.1) is 16.6 Å². The number of hydrogen-bond acceptors (Lipinski definition) is 3. The molecular formula is C16H22ClN3O2. The Morgan fingerprint density at radius 3 is 2.73 bits per heavy atom. The van der Waals surface area contributed by atoms with Crippen LogP contribution in [0.4, 0.5) is 5.69 Å². The number of rotatable bonds is 3. The van der Waals surface area contributed by atoms with Crippen LogP contribution in [-0.2, 0) is 4.79 Å². The summed E-state index contributed by atoms with van der Waals surface area (Å²) in [5.74, 6) is -0.368. The Labute approximate surface area is 135 Å². The third-order valence-electron chi connectivity index (χ3n) is 4.10. The summed E-state index contributed by atoms with van der Waals surface area (Å²) in [6.45, 7) is 5.01. The van der Waals surface area contributed by atoms with Crippen LogP contribution in [-0.4, -0.2) is 31.4 Å². The second-order valence-electron chi connectivity index (χ2n) is 6.24. The quantitative estimate of drug-likeness (QED) is 0.800. The van der Waals surface area contributed by atoms with Gasteiger partial charge >= 0.3 is 0 Å². The molecule has 1 heterocycles. The van der Waals surface area contributed by atoms with Gasteiger partial charge in [-0.15, -0.1) is 0 Å². The summed E-state index contributed by atoms with van der Waals surface area (Å²) < 4.78 is 0. The Morgan fingerprint density at radius 2 is 2.09 bits per heavy atom. The number of carbonyl (C=O) groups is 2. The minimum atomic E-state index is -0.280. The zero-order valence-corrected chi connectivity index (χ0v) is 13.9. The fraction of sp³-hybridized carbons (Fsp3) is 0.500. The van der Waals surface area contributed by atoms with Crippen molar-refractivity contribution in [3.05, 3.63) is 28.8 Å². The van der Waals surface area contributed by atoms with E-state index in [4.69, 9.17) is 11.6 Å². The second kappa shape index (κ2) is 6.67. The van der Waals surface area contributed by atoms with Gasteiger partial charge in [0.1, 0.15) is 0 Å². The van der Waals surface area contributed by atoms with Crippen molar-refractivity contribution in [2.24, 2.45) is 5.41 Å². The van der Waals surface area contributed by atoms with E-state index in [9.17, 15) is 9.59 Å². The number of piperidine rings is 1. The predicted octanol–water partition coefficient (Wildman–Crippen LogP) is 2.42. The van der Waals surface area contributed by atoms with Crippen LogP contribution in [0.5, 0.6) is 0 Å². The minimum absolute atomic E-state index is 0.0881. The highest BCUT2D eigenvalue weighted by molar-refractivity contribution is 6.34. The van der Waals surface area contributed by atoms with E-state index in [1.807, 2.05) is 0 Å². The standard InChI is InChI=1S/C16H22ClN3O2/c1-16(2)7-4-8-19-13(16)15(22)20-10-5-6-12(17)11(9-10)14(21)18-3/h5-6,9,13,19H,4,7-8H2,1-3H3,(H,18,21)(H,20,22). The van der Waals surface area contributed by atoms with Crippen molar-refractivity contribution in [1.29, 1.82) is 0 Å². The number of carbonyl (C=O) groups excluding carboxylic acids is 2. The lowest BCUT2D eigenvalue weighted by Gasteiger charge is -2.38. The SMILES string of the molecule is CNC(=O)c1cc(NC(=O)C2NCCCC2(C)C)ccc1Cl. The maximum atomic E-state index is 12.5. The van der Waals surface area contributed by atoms with E-state index in [1.54, 1.807) is 25.2 Å². The zero-order valence-electron chi connectivity index (χ0n) is 13.1. The third kappa shape index (κ3) is 3.59. The molecule has 1 aliphatic rings. The molecule has 120 valence electrons. The molecule has 1 aliphatic heterocycles. The summed E-state index contributed by atoms with van der Waals surface area (Å²) in [4.78, 5) is 24.3. The normalized spacial score (nSPS) is 20.3. The molecular weight excluding hydrogens is 302 g/mol. The Kier molecular flexibility index (Phi) is 5.08. The van der Waals surface area contributed by atoms with Gasteiger partial charge in [0, 0.05) is 12.7 Å². The van der Waals surface area contributed by atoms with Gasteiger partial charge in [-0.1, -0.05) is 25.4 Å². The molecule has 0 spiro atoms. The molecule has 1 unspecified atom stereocenters. The Bertz CT molecular complexity index is 587. The smallest absolute Gasteiger partial charge is 0.252 e. The fourth-order valence-electron chi connectivity index (χ4n) is 2.78. The number of anilines is 1. The van der Waals surface area contributed by atoms with Crippen molar-refractivity contribution in [2.45, 2.75) is 32.7 Å². The van der Waals surface area contributed by atoms with Gasteiger partial charge in [0.25, 0.3) is 5.91 Å². The molecule has 1 saturated heterocycles. The molecule has 6 heteroatoms. The molecule has 0 bridgehead atoms. The number of hydrogen-bond donors (Lipinski definition) is 3. The molecule has 1 atom stereocenters. The van der Waals surface area contributed by atoms with Crippen LogP contribution in [0.25, 0.3) is 0 Å². The summed E-state index contributed by atoms with van der Waals surface area (Å²) in [5, 5.41) is 9.03. The van der Waals surface area contributed by atoms with Crippen molar-refractivity contribution < 1.29 is 9.59 Å². The van der Waals surface area contributed by atoms with Crippen LogP contribution < -0.4 is 16.0 Å². The largest absolute Gasteiger partial charge is 0.355 e. The van der Waals surface area contributed by atoms with E-state index < -0.39 is 0 Å². The zero-order chi connectivity index (χ0) is 16.3. The van der Waals surface area contributed by atoms with Gasteiger partial charge in [-0.05, 0) is 43.0 Å². The Morgan fingerprint density at radius 1 is 1.36 bits per heavy atom. The van der Waals surface area contributed by atoms with E-state index in [2.05, 4.69) is 29.8 Å². The van der Waals surface area contributed by atoms with E-state index in [1.165, 1.54) is 0 Å². The maximum absolute atomic E-state index is 12.5. The van der Waals surface area contributed by atoms with Crippen LogP contribution >= 0.6 is 11.6 Å². The lowest BCUT2D eigenvalue weighted by molar-refractivity contribution is -0.121. The first-order valence-electron chi connectivity index (χ1n) is 7.41. The summed E-state index contributed by atoms with van der Waals surface area (Å²) in [6.07, 6.45) is 2.07. The molecule has 2 amide bonds. The summed E-state index contributed by atoms with van der Waals surface area (Å²) >= 11 is 6.01. The Hall–Kier alpha value is -1.59. The van der Waals surface area contributed by atoms with E-state index in [0.29, 0.717) is 16.3 Å². The molecule has 1 fully saturated rings. The number of halogens is 1. The van der Waals surface area contributed by atoms with Gasteiger partial charge < -0.3 is 16.0 Å². The van der Waals surface area contributed by atoms with Gasteiger partial charge in [-0.2, -0.15) is 0 Å². The minimum Gasteiger partial charge on any atom is -0.355 e. The van der Waals surface area contributed by atoms with Gasteiger partial charge in [0.2, 0.25) is 5.91 Å². The predicted molar refractivity (Wildman–Crippen MR) is 88.3 cm³/mol. The topological polar surface area (TPSA) is 70.2 Å². The lowest BCUT2D eigenvalue weighted by atomic mass is 9.77. The summed E-state index contributed by atoms with van der Waals surface area (Å²) in [7, 11) is 1.54. The number of amides is 2. The van der Waals surface area contributed by atoms with Crippen molar-refractivity contribution in [1.82, 2.24) is 10.6 Å². The number of benzene rings is 1. The van der Waals surface area contributed by atoms with Crippen molar-refractivity contribution in [3.63, 3.8) is 0 Å². The summed E-state index contributed by atoms with van der Waals surface area (Å²) in [6, 6.07) is 4.65.